The fraction of sp³-hybridized carbons (Fsp3) is 0.633. The number of aromatic nitrogens is 6. The molecule has 3 N–H and O–H groups in total. The molecule has 6 amide bonds. The Morgan fingerprint density at radius 1 is 0.417 bits per heavy atom. The molecule has 3 saturated heterocycles. The van der Waals surface area contributed by atoms with E-state index in [2.05, 4.69) is 45.9 Å². The van der Waals surface area contributed by atoms with Crippen molar-refractivity contribution < 1.29 is 182 Å². The van der Waals surface area contributed by atoms with Crippen LogP contribution in [0.2, 0.25) is 0 Å². The number of hydrogen-bond acceptors (Lipinski definition) is 27. The predicted octanol–water partition coefficient (Wildman–Crippen LogP) is 11.3. The first-order chi connectivity index (χ1) is 60.8. The summed E-state index contributed by atoms with van der Waals surface area (Å²) >= 11 is 0. The molecule has 15 rings (SSSR count). The van der Waals surface area contributed by atoms with Crippen molar-refractivity contribution in [1.29, 1.82) is 0 Å². The van der Waals surface area contributed by atoms with E-state index in [0.29, 0.717) is 55.8 Å². The number of halogens is 6. The molecular formula is C90H111F6N12O21V3-3. The van der Waals surface area contributed by atoms with Gasteiger partial charge in [-0.25, -0.2) is 63.1 Å². The predicted molar refractivity (Wildman–Crippen MR) is 449 cm³/mol. The molecule has 3 aromatic carbocycles. The zero-order valence-electron chi connectivity index (χ0n) is 76.2. The van der Waals surface area contributed by atoms with Crippen LogP contribution in [0.25, 0.3) is 33.1 Å². The minimum absolute atomic E-state index is 0. The number of carbonyl (C=O) groups is 6. The Labute approximate surface area is 796 Å². The van der Waals surface area contributed by atoms with E-state index in [1.54, 1.807) is 126 Å². The van der Waals surface area contributed by atoms with Crippen molar-refractivity contribution in [2.45, 2.75) is 232 Å². The van der Waals surface area contributed by atoms with E-state index in [1.807, 2.05) is 18.9 Å². The third kappa shape index (κ3) is 23.5. The molecule has 6 fully saturated rings. The van der Waals surface area contributed by atoms with Gasteiger partial charge >= 0.3 is 36.0 Å². The van der Waals surface area contributed by atoms with Crippen LogP contribution in [-0.2, 0) is 131 Å². The molecule has 18 atom stereocenters. The number of alkyl carbamates (subject to hydrolysis) is 3. The minimum atomic E-state index is -3.59. The zero-order valence-corrected chi connectivity index (χ0v) is 80.4. The molecular weight excluding hydrogens is 1850 g/mol. The van der Waals surface area contributed by atoms with Gasteiger partial charge in [0.1, 0.15) is 91.3 Å². The number of hydrogen-bond donors (Lipinski definition) is 3. The number of fused-ring (bicyclic) bond motifs is 15. The van der Waals surface area contributed by atoms with Crippen LogP contribution in [0.15, 0.2) is 54.6 Å². The van der Waals surface area contributed by atoms with Gasteiger partial charge in [0.05, 0.1) is 74.1 Å². The standard InChI is InChI=1S/C31H39F2N4O7.C30H37F2N4O7.C29H35F2N4O7.3V/c1-17-22(15-38)37-14-24(17)43-27-25(34-20-10-9-19(41-5)13-21(20)35-27)31(32,33)16-42-12-11-18-7-6-8-23(18)44-29(40)36-26(28(37)39)30(2,3)4;1-16-21(14-37)36-13-22(16)42-25-23(33-19-8-7-18(40-6)11-20(19)34-25)30(31,32)15-41-10-9-17-12-29(17,5)43-27(39)35-24(26(36)38)28(2,3)4;1-15-20(13-36)35-12-22(15)41-25-23(32-18-7-6-17(39-5)11-19(18)33-25)29(30,31)14-40-9-8-16-10-21(16)42-27(38)34-24(26(35)37)28(2,3)4;;;/h9-10,13,17-18,22-24,26H,6-8,11-12,14,16H2,1-5H3,(H,36,40);7-8,11,16-17,21-22,24H,9-10,12-13,15H2,1-6H3,(H,35,39);6-7,11,15-16,20-22,24H,8-10,12,14H2,1-5H3,(H,34,38);;;/q3*-1;;;/t17-,18-,22+,23+,24-,26+;16-,17+,21+,22-,24+,29+;15-,16+,20+,21+,22-,24+;;;/m000.../s1. The molecule has 3 radical (unpaired) electrons. The molecule has 3 aliphatic carbocycles. The van der Waals surface area contributed by atoms with Crippen LogP contribution in [0.3, 0.4) is 0 Å². The number of nitrogens with zero attached hydrogens (tertiary/aromatic N) is 9. The molecule has 6 aliphatic heterocycles. The summed E-state index contributed by atoms with van der Waals surface area (Å²) in [6, 6.07) is 7.67. The summed E-state index contributed by atoms with van der Waals surface area (Å²) in [4.78, 5) is 147. The van der Waals surface area contributed by atoms with Crippen LogP contribution in [-0.4, -0.2) is 252 Å². The Kier molecular flexibility index (Phi) is 33.4. The van der Waals surface area contributed by atoms with Gasteiger partial charge < -0.3 is 102 Å². The molecule has 0 unspecified atom stereocenters. The maximum absolute atomic E-state index is 15.8. The molecule has 3 saturated carbocycles. The minimum Gasteiger partial charge on any atom is -0.540 e. The van der Waals surface area contributed by atoms with Gasteiger partial charge in [0.15, 0.2) is 17.1 Å². The first-order valence-corrected chi connectivity index (χ1v) is 43.2. The normalized spacial score (nSPS) is 29.8. The molecule has 717 valence electrons. The third-order valence-electron chi connectivity index (χ3n) is 25.4. The van der Waals surface area contributed by atoms with Crippen LogP contribution in [0.1, 0.15) is 158 Å². The Hall–Kier alpha value is -9.08. The summed E-state index contributed by atoms with van der Waals surface area (Å²) in [5.41, 5.74) is -3.80. The van der Waals surface area contributed by atoms with Crippen molar-refractivity contribution in [2.75, 3.05) is 80.6 Å². The van der Waals surface area contributed by atoms with Crippen LogP contribution < -0.4 is 44.4 Å². The number of carbonyl (C=O) groups excluding carboxylic acids is 9. The average molecular weight is 1960 g/mol. The second-order valence-electron chi connectivity index (χ2n) is 38.0. The van der Waals surface area contributed by atoms with E-state index in [0.717, 1.165) is 12.8 Å². The molecule has 0 spiro atoms. The molecule has 42 heteroatoms. The topological polar surface area (TPSA) is 388 Å². The number of alkyl halides is 6. The monoisotopic (exact) mass is 1960 g/mol. The molecule has 9 aliphatic rings. The molecule has 33 nitrogen and oxygen atoms in total. The largest absolute Gasteiger partial charge is 0.540 e. The van der Waals surface area contributed by atoms with Gasteiger partial charge in [-0.05, 0) is 135 Å². The van der Waals surface area contributed by atoms with E-state index in [4.69, 9.17) is 56.8 Å². The van der Waals surface area contributed by atoms with Crippen molar-refractivity contribution in [2.24, 2.45) is 51.8 Å². The molecule has 132 heavy (non-hydrogen) atoms. The van der Waals surface area contributed by atoms with Crippen LogP contribution in [0.4, 0.5) is 40.7 Å². The SMILES string of the molecule is COc1ccc2nc3c(nc2c1)O[C@H]1CN(C(=O)[C@H](C(C)(C)C)NC(=O)O[C@@H]2CCC[C@H]2CCOCC3(F)F)[C@H]([C-]=O)[C@@H]1C.COc1ccc2nc3c(nc2c1)O[C@H]1CN(C(=O)[C@H](C(C)(C)C)NC(=O)O[C@@H]2C[C@H]2CCOCC3(F)F)[C@H]([C-]=O)[C@@H]1C.COc1ccc2nc3c(nc2c1)O[C@H]1CN(C(=O)[C@H](C(C)(C)C)NC(=O)O[C@]2(C)C[C@H]2CCOCC3(F)F)[C@H]([C-]=O)[C@@H]1C.[V].[V].[V]. The van der Waals surface area contributed by atoms with Crippen molar-refractivity contribution in [1.82, 2.24) is 60.6 Å². The molecule has 9 heterocycles. The van der Waals surface area contributed by atoms with Crippen molar-refractivity contribution in [3.63, 3.8) is 0 Å². The van der Waals surface area contributed by atoms with Crippen LogP contribution in [0.5, 0.6) is 34.9 Å². The third-order valence-corrected chi connectivity index (χ3v) is 25.4. The van der Waals surface area contributed by atoms with Crippen LogP contribution in [0, 0.1) is 51.8 Å². The maximum Gasteiger partial charge on any atom is 0.408 e. The van der Waals surface area contributed by atoms with Gasteiger partial charge in [-0.3, -0.25) is 14.4 Å². The van der Waals surface area contributed by atoms with Crippen LogP contribution >= 0.6 is 0 Å². The van der Waals surface area contributed by atoms with Crippen molar-refractivity contribution >= 4 is 88.0 Å². The van der Waals surface area contributed by atoms with Gasteiger partial charge in [-0.1, -0.05) is 101 Å². The summed E-state index contributed by atoms with van der Waals surface area (Å²) in [5.74, 6) is -14.5. The second-order valence-corrected chi connectivity index (χ2v) is 38.0. The van der Waals surface area contributed by atoms with Crippen molar-refractivity contribution in [3.8, 4) is 34.9 Å². The summed E-state index contributed by atoms with van der Waals surface area (Å²) in [6.45, 7) is 19.5. The van der Waals surface area contributed by atoms with Gasteiger partial charge in [0, 0.05) is 106 Å². The van der Waals surface area contributed by atoms with E-state index in [9.17, 15) is 43.2 Å². The number of ether oxygens (including phenoxy) is 12. The quantitative estimate of drug-likeness (QED) is 0.0792. The maximum atomic E-state index is 15.8. The van der Waals surface area contributed by atoms with E-state index in [1.165, 1.54) is 54.2 Å². The first kappa shape index (κ1) is 105. The van der Waals surface area contributed by atoms with Crippen molar-refractivity contribution in [3.05, 3.63) is 71.7 Å². The molecule has 6 bridgehead atoms. The molecule has 6 aromatic rings. The molecule has 3 aromatic heterocycles. The van der Waals surface area contributed by atoms with Gasteiger partial charge in [-0.15, -0.1) is 0 Å². The Bertz CT molecular complexity index is 5200. The first-order valence-electron chi connectivity index (χ1n) is 43.2. The smallest absolute Gasteiger partial charge is 0.408 e. The van der Waals surface area contributed by atoms with E-state index < -0.39 is 215 Å². The number of amides is 6. The number of methoxy groups -OCH3 is 3. The Morgan fingerprint density at radius 2 is 0.742 bits per heavy atom. The van der Waals surface area contributed by atoms with E-state index in [-0.39, 0.29) is 146 Å². The fourth-order valence-corrected chi connectivity index (χ4v) is 17.3. The summed E-state index contributed by atoms with van der Waals surface area (Å²) in [7, 11) is 4.41. The number of nitrogens with one attached hydrogen (secondary N) is 3. The Morgan fingerprint density at radius 3 is 1.08 bits per heavy atom. The Balaban J connectivity index is 0.000000203. The van der Waals surface area contributed by atoms with Gasteiger partial charge in [0.2, 0.25) is 35.4 Å². The average Bonchev–Trinajstić information content (AvgIpc) is 1.54. The summed E-state index contributed by atoms with van der Waals surface area (Å²) in [6.07, 6.45) is 4.32. The second kappa shape index (κ2) is 42.0. The van der Waals surface area contributed by atoms with Gasteiger partial charge in [-0.2, -0.15) is 26.3 Å². The summed E-state index contributed by atoms with van der Waals surface area (Å²) < 4.78 is 162. The fourth-order valence-electron chi connectivity index (χ4n) is 17.3. The zero-order chi connectivity index (χ0) is 93.5. The number of benzene rings is 3. The van der Waals surface area contributed by atoms with E-state index >= 15 is 26.3 Å². The number of rotatable bonds is 6. The summed E-state index contributed by atoms with van der Waals surface area (Å²) in [5, 5.41) is 8.12. The van der Waals surface area contributed by atoms with Gasteiger partial charge in [0.25, 0.3) is 0 Å².